The number of hydrogen-bond donors (Lipinski definition) is 1. The summed E-state index contributed by atoms with van der Waals surface area (Å²) in [6.07, 6.45) is 4.57. The second kappa shape index (κ2) is 6.33. The molecule has 0 heterocycles. The van der Waals surface area contributed by atoms with E-state index in [1.807, 2.05) is 6.92 Å². The van der Waals surface area contributed by atoms with E-state index in [4.69, 9.17) is 33.0 Å². The number of benzene rings is 1. The van der Waals surface area contributed by atoms with Crippen LogP contribution in [0.4, 0.5) is 0 Å². The number of carboxylic acids is 1. The average molecular weight is 357 g/mol. The van der Waals surface area contributed by atoms with Gasteiger partial charge < -0.3 is 9.84 Å². The van der Waals surface area contributed by atoms with E-state index in [1.54, 1.807) is 6.07 Å². The van der Waals surface area contributed by atoms with Crippen molar-refractivity contribution in [2.45, 2.75) is 38.5 Å². The molecule has 2 atom stereocenters. The SMILES string of the molecule is C[C@H]1C(=O)c2c(cc(OCC(=O)O)c(Cl)c2Cl)[C@@H]1C1CCCC1. The van der Waals surface area contributed by atoms with Crippen LogP contribution in [0.5, 0.6) is 5.75 Å². The maximum Gasteiger partial charge on any atom is 0.341 e. The molecule has 1 aromatic rings. The Morgan fingerprint density at radius 2 is 1.96 bits per heavy atom. The predicted octanol–water partition coefficient (Wildman–Crippen LogP) is 4.56. The van der Waals surface area contributed by atoms with Crippen molar-refractivity contribution in [2.24, 2.45) is 11.8 Å². The van der Waals surface area contributed by atoms with Crippen molar-refractivity contribution in [3.63, 3.8) is 0 Å². The molecule has 0 aliphatic heterocycles. The second-order valence-electron chi connectivity index (χ2n) is 6.37. The first kappa shape index (κ1) is 16.6. The standard InChI is InChI=1S/C17H18Cl2O4/c1-8-13(9-4-2-3-5-9)10-6-11(23-7-12(20)21)15(18)16(19)14(10)17(8)22/h6,8-9,13H,2-5,7H2,1H3,(H,20,21)/t8-,13+/m1/s1. The van der Waals surface area contributed by atoms with Gasteiger partial charge in [0, 0.05) is 11.5 Å². The fraction of sp³-hybridized carbons (Fsp3) is 0.529. The molecule has 1 saturated carbocycles. The molecule has 124 valence electrons. The van der Waals surface area contributed by atoms with Crippen LogP contribution in [0.15, 0.2) is 6.07 Å². The van der Waals surface area contributed by atoms with Crippen LogP contribution in [0.2, 0.25) is 10.0 Å². The van der Waals surface area contributed by atoms with Crippen LogP contribution < -0.4 is 4.74 Å². The second-order valence-corrected chi connectivity index (χ2v) is 7.13. The molecule has 0 amide bonds. The van der Waals surface area contributed by atoms with Gasteiger partial charge in [-0.1, -0.05) is 43.0 Å². The molecule has 0 spiro atoms. The Morgan fingerprint density at radius 1 is 1.30 bits per heavy atom. The van der Waals surface area contributed by atoms with E-state index in [2.05, 4.69) is 0 Å². The smallest absolute Gasteiger partial charge is 0.341 e. The Labute approximate surface area is 144 Å². The lowest BCUT2D eigenvalue weighted by atomic mass is 9.81. The summed E-state index contributed by atoms with van der Waals surface area (Å²) in [6.45, 7) is 1.44. The minimum absolute atomic E-state index is 0.0218. The Bertz CT molecular complexity index is 665. The van der Waals surface area contributed by atoms with Gasteiger partial charge in [0.25, 0.3) is 0 Å². The molecule has 2 aliphatic rings. The Morgan fingerprint density at radius 3 is 2.57 bits per heavy atom. The summed E-state index contributed by atoms with van der Waals surface area (Å²) in [5.41, 5.74) is 1.35. The summed E-state index contributed by atoms with van der Waals surface area (Å²) >= 11 is 12.5. The minimum Gasteiger partial charge on any atom is -0.480 e. The number of halogens is 2. The fourth-order valence-electron chi connectivity index (χ4n) is 4.02. The monoisotopic (exact) mass is 356 g/mol. The molecule has 23 heavy (non-hydrogen) atoms. The molecular formula is C17H18Cl2O4. The number of aliphatic carboxylic acids is 1. The van der Waals surface area contributed by atoms with E-state index < -0.39 is 12.6 Å². The first-order valence-corrected chi connectivity index (χ1v) is 8.58. The molecule has 0 unspecified atom stereocenters. The van der Waals surface area contributed by atoms with Crippen LogP contribution in [0.25, 0.3) is 0 Å². The Kier molecular flexibility index (Phi) is 4.56. The lowest BCUT2D eigenvalue weighted by molar-refractivity contribution is -0.139. The molecule has 0 aromatic heterocycles. The largest absolute Gasteiger partial charge is 0.480 e. The number of carbonyl (C=O) groups excluding carboxylic acids is 1. The van der Waals surface area contributed by atoms with Crippen molar-refractivity contribution in [2.75, 3.05) is 6.61 Å². The lowest BCUT2D eigenvalue weighted by Crippen LogP contribution is -2.16. The van der Waals surface area contributed by atoms with Gasteiger partial charge in [-0.15, -0.1) is 0 Å². The molecule has 1 aromatic carbocycles. The van der Waals surface area contributed by atoms with Gasteiger partial charge in [-0.3, -0.25) is 4.79 Å². The summed E-state index contributed by atoms with van der Waals surface area (Å²) in [5.74, 6) is -0.385. The average Bonchev–Trinajstić information content (AvgIpc) is 3.09. The van der Waals surface area contributed by atoms with Gasteiger partial charge in [0.1, 0.15) is 10.8 Å². The van der Waals surface area contributed by atoms with Crippen LogP contribution in [0.1, 0.15) is 54.4 Å². The third-order valence-corrected chi connectivity index (χ3v) is 5.87. The summed E-state index contributed by atoms with van der Waals surface area (Å²) in [7, 11) is 0. The molecular weight excluding hydrogens is 339 g/mol. The number of carbonyl (C=O) groups is 2. The Balaban J connectivity index is 2.05. The molecule has 4 nitrogen and oxygen atoms in total. The van der Waals surface area contributed by atoms with Crippen molar-refractivity contribution in [3.05, 3.63) is 27.2 Å². The zero-order valence-corrected chi connectivity index (χ0v) is 14.3. The number of rotatable bonds is 4. The van der Waals surface area contributed by atoms with E-state index in [0.29, 0.717) is 11.5 Å². The minimum atomic E-state index is -1.09. The van der Waals surface area contributed by atoms with E-state index in [9.17, 15) is 9.59 Å². The van der Waals surface area contributed by atoms with Crippen LogP contribution >= 0.6 is 23.2 Å². The highest BCUT2D eigenvalue weighted by atomic mass is 35.5. The van der Waals surface area contributed by atoms with Crippen LogP contribution in [-0.4, -0.2) is 23.5 Å². The number of ketones is 1. The number of Topliss-reactive ketones (excluding diaryl/α,β-unsaturated/α-hetero) is 1. The quantitative estimate of drug-likeness (QED) is 0.858. The number of fused-ring (bicyclic) bond motifs is 1. The lowest BCUT2D eigenvalue weighted by Gasteiger charge is -2.23. The molecule has 0 saturated heterocycles. The van der Waals surface area contributed by atoms with Gasteiger partial charge >= 0.3 is 5.97 Å². The van der Waals surface area contributed by atoms with Gasteiger partial charge in [0.05, 0.1) is 5.02 Å². The Hall–Kier alpha value is -1.26. The van der Waals surface area contributed by atoms with Crippen molar-refractivity contribution < 1.29 is 19.4 Å². The molecule has 1 N–H and O–H groups in total. The number of carboxylic acid groups (broad SMARTS) is 1. The molecule has 0 radical (unpaired) electrons. The first-order valence-electron chi connectivity index (χ1n) is 7.82. The summed E-state index contributed by atoms with van der Waals surface area (Å²) < 4.78 is 5.26. The van der Waals surface area contributed by atoms with E-state index in [0.717, 1.165) is 18.4 Å². The highest BCUT2D eigenvalue weighted by Crippen LogP contribution is 2.52. The molecule has 2 aliphatic carbocycles. The molecule has 0 bridgehead atoms. The zero-order valence-electron chi connectivity index (χ0n) is 12.8. The van der Waals surface area contributed by atoms with Gasteiger partial charge in [-0.2, -0.15) is 0 Å². The van der Waals surface area contributed by atoms with Crippen molar-refractivity contribution in [3.8, 4) is 5.75 Å². The normalized spacial score (nSPS) is 24.0. The van der Waals surface area contributed by atoms with Gasteiger partial charge in [-0.25, -0.2) is 4.79 Å². The molecule has 3 rings (SSSR count). The third-order valence-electron chi connectivity index (χ3n) is 5.02. The van der Waals surface area contributed by atoms with E-state index in [-0.39, 0.29) is 33.4 Å². The zero-order chi connectivity index (χ0) is 16.7. The predicted molar refractivity (Wildman–Crippen MR) is 87.8 cm³/mol. The van der Waals surface area contributed by atoms with Gasteiger partial charge in [0.15, 0.2) is 12.4 Å². The molecule has 1 fully saturated rings. The topological polar surface area (TPSA) is 63.6 Å². The third kappa shape index (κ3) is 2.83. The molecule has 6 heteroatoms. The highest BCUT2D eigenvalue weighted by molar-refractivity contribution is 6.45. The number of ether oxygens (including phenoxy) is 1. The fourth-order valence-corrected chi connectivity index (χ4v) is 4.52. The van der Waals surface area contributed by atoms with Crippen LogP contribution in [0, 0.1) is 11.8 Å². The van der Waals surface area contributed by atoms with E-state index in [1.165, 1.54) is 12.8 Å². The van der Waals surface area contributed by atoms with Crippen LogP contribution in [0.3, 0.4) is 0 Å². The van der Waals surface area contributed by atoms with Crippen molar-refractivity contribution >= 4 is 35.0 Å². The van der Waals surface area contributed by atoms with Crippen LogP contribution in [-0.2, 0) is 4.79 Å². The first-order chi connectivity index (χ1) is 10.9. The number of hydrogen-bond acceptors (Lipinski definition) is 3. The van der Waals surface area contributed by atoms with Gasteiger partial charge in [-0.05, 0) is 36.3 Å². The summed E-state index contributed by atoms with van der Waals surface area (Å²) in [4.78, 5) is 23.4. The van der Waals surface area contributed by atoms with Crippen molar-refractivity contribution in [1.29, 1.82) is 0 Å². The highest BCUT2D eigenvalue weighted by Gasteiger charge is 2.44. The van der Waals surface area contributed by atoms with Gasteiger partial charge in [0.2, 0.25) is 0 Å². The van der Waals surface area contributed by atoms with Crippen molar-refractivity contribution in [1.82, 2.24) is 0 Å². The maximum absolute atomic E-state index is 12.6. The summed E-state index contributed by atoms with van der Waals surface area (Å²) in [5, 5.41) is 9.07. The summed E-state index contributed by atoms with van der Waals surface area (Å²) in [6, 6.07) is 1.72. The van der Waals surface area contributed by atoms with E-state index >= 15 is 0 Å². The maximum atomic E-state index is 12.6.